The predicted molar refractivity (Wildman–Crippen MR) is 251 cm³/mol. The van der Waals surface area contributed by atoms with Crippen molar-refractivity contribution < 1.29 is 13.7 Å². The van der Waals surface area contributed by atoms with E-state index in [2.05, 4.69) is 180 Å². The number of rotatable bonds is 11. The van der Waals surface area contributed by atoms with Gasteiger partial charge in [0, 0.05) is 49.0 Å². The van der Waals surface area contributed by atoms with Gasteiger partial charge >= 0.3 is 0 Å². The van der Waals surface area contributed by atoms with Crippen LogP contribution in [0.15, 0.2) is 155 Å². The Kier molecular flexibility index (Phi) is 11.4. The molecule has 1 unspecified atom stereocenters. The molecule has 8 rings (SSSR count). The van der Waals surface area contributed by atoms with Crippen LogP contribution in [0.1, 0.15) is 97.0 Å². The highest BCUT2D eigenvalue weighted by molar-refractivity contribution is 6.22. The van der Waals surface area contributed by atoms with Crippen molar-refractivity contribution in [2.45, 2.75) is 78.2 Å². The van der Waals surface area contributed by atoms with Crippen LogP contribution in [0.25, 0.3) is 38.6 Å². The van der Waals surface area contributed by atoms with Gasteiger partial charge in [0.05, 0.1) is 5.71 Å². The van der Waals surface area contributed by atoms with Crippen LogP contribution < -0.4 is 4.57 Å². The molecule has 1 aliphatic rings. The molecule has 2 heterocycles. The largest absolute Gasteiger partial charge is 0.455 e. The van der Waals surface area contributed by atoms with Crippen LogP contribution in [0.4, 0.5) is 0 Å². The summed E-state index contributed by atoms with van der Waals surface area (Å²) in [5, 5.41) is 2.14. The van der Waals surface area contributed by atoms with Crippen LogP contribution in [0.3, 0.4) is 0 Å². The van der Waals surface area contributed by atoms with Crippen molar-refractivity contribution in [2.24, 2.45) is 17.5 Å². The highest BCUT2D eigenvalue weighted by atomic mass is 16.5. The average molecular weight is 792 g/mol. The van der Waals surface area contributed by atoms with Gasteiger partial charge in [-0.2, -0.15) is 0 Å². The summed E-state index contributed by atoms with van der Waals surface area (Å²) in [6.07, 6.45) is 9.95. The van der Waals surface area contributed by atoms with Crippen LogP contribution in [0.2, 0.25) is 0 Å². The second-order valence-corrected chi connectivity index (χ2v) is 17.8. The van der Waals surface area contributed by atoms with Gasteiger partial charge in [0.1, 0.15) is 18.2 Å². The SMILES string of the molecule is C=C(C)/C(=C\C(=NC)c1c(C)c(CC(OC)(c2ccc(-c3ccccc3)cc2)c2cccc[n+]2C)cc2c1oc1ccccc12)c1ccc(C2CCC(C)(C)CC2)cc1C. The third kappa shape index (κ3) is 7.70. The maximum atomic E-state index is 6.84. The number of aromatic nitrogens is 1. The number of methoxy groups -OCH3 is 1. The molecule has 0 aliphatic heterocycles. The summed E-state index contributed by atoms with van der Waals surface area (Å²) in [6, 6.07) is 43.5. The van der Waals surface area contributed by atoms with Gasteiger partial charge in [-0.05, 0) is 132 Å². The first kappa shape index (κ1) is 40.9. The molecular formula is C56H59N2O2+. The quantitative estimate of drug-likeness (QED) is 0.0743. The lowest BCUT2D eigenvalue weighted by Crippen LogP contribution is -2.46. The number of nitrogens with zero attached hydrogens (tertiary/aromatic N) is 2. The lowest BCUT2D eigenvalue weighted by molar-refractivity contribution is -0.685. The van der Waals surface area contributed by atoms with E-state index in [-0.39, 0.29) is 0 Å². The Morgan fingerprint density at radius 3 is 2.22 bits per heavy atom. The van der Waals surface area contributed by atoms with Crippen molar-refractivity contribution in [2.75, 3.05) is 14.2 Å². The zero-order chi connectivity index (χ0) is 42.2. The number of hydrogen-bond acceptors (Lipinski definition) is 3. The Balaban J connectivity index is 1.28. The van der Waals surface area contributed by atoms with Crippen molar-refractivity contribution in [3.63, 3.8) is 0 Å². The van der Waals surface area contributed by atoms with Gasteiger partial charge in [0.25, 0.3) is 0 Å². The van der Waals surface area contributed by atoms with Gasteiger partial charge in [-0.3, -0.25) is 4.99 Å². The topological polar surface area (TPSA) is 38.6 Å². The van der Waals surface area contributed by atoms with Crippen LogP contribution >= 0.6 is 0 Å². The molecule has 60 heavy (non-hydrogen) atoms. The summed E-state index contributed by atoms with van der Waals surface area (Å²) >= 11 is 0. The summed E-state index contributed by atoms with van der Waals surface area (Å²) < 4.78 is 15.8. The Hall–Kier alpha value is -5.84. The smallest absolute Gasteiger partial charge is 0.218 e. The number of para-hydroxylation sites is 1. The standard InChI is InChI=1S/C56H59N2O2/c1-37(2)48(46-27-24-43(33-38(46)3)42-28-30-55(5,6)31-29-42)35-50(57-7)53-39(4)44(34-49-47-19-13-14-20-51(47)60-54(49)53)36-56(59-9,52-21-15-16-32-58(52)8)45-25-22-41(23-26-45)40-17-11-10-12-18-40/h10-27,32-35,42H,1,28-31,36H2,2-9H3/q+1/b48-35+,57-50?. The zero-order valence-corrected chi connectivity index (χ0v) is 36.7. The van der Waals surface area contributed by atoms with Crippen LogP contribution in [-0.4, -0.2) is 19.9 Å². The van der Waals surface area contributed by atoms with E-state index >= 15 is 0 Å². The lowest BCUT2D eigenvalue weighted by Gasteiger charge is -2.34. The van der Waals surface area contributed by atoms with Crippen LogP contribution in [0.5, 0.6) is 0 Å². The molecular weight excluding hydrogens is 733 g/mol. The number of benzene rings is 5. The van der Waals surface area contributed by atoms with E-state index in [9.17, 15) is 0 Å². The van der Waals surface area contributed by atoms with Crippen molar-refractivity contribution in [3.8, 4) is 11.1 Å². The van der Waals surface area contributed by atoms with Crippen molar-refractivity contribution in [3.05, 3.63) is 190 Å². The molecule has 0 N–H and O–H groups in total. The molecule has 4 nitrogen and oxygen atoms in total. The maximum Gasteiger partial charge on any atom is 0.218 e. The van der Waals surface area contributed by atoms with E-state index in [0.717, 1.165) is 66.7 Å². The molecule has 1 aliphatic carbocycles. The number of furan rings is 1. The molecule has 7 aromatic rings. The normalized spacial score (nSPS) is 16.0. The van der Waals surface area contributed by atoms with Gasteiger partial charge < -0.3 is 9.15 Å². The Morgan fingerprint density at radius 2 is 1.55 bits per heavy atom. The Bertz CT molecular complexity index is 2760. The zero-order valence-electron chi connectivity index (χ0n) is 36.7. The molecule has 0 radical (unpaired) electrons. The van der Waals surface area contributed by atoms with E-state index in [4.69, 9.17) is 14.1 Å². The third-order valence-electron chi connectivity index (χ3n) is 13.3. The average Bonchev–Trinajstić information content (AvgIpc) is 3.62. The monoisotopic (exact) mass is 791 g/mol. The highest BCUT2D eigenvalue weighted by Gasteiger charge is 2.42. The first-order valence-corrected chi connectivity index (χ1v) is 21.5. The number of fused-ring (bicyclic) bond motifs is 3. The number of hydrogen-bond donors (Lipinski definition) is 0. The number of aryl methyl sites for hydroxylation is 2. The molecule has 0 spiro atoms. The minimum Gasteiger partial charge on any atom is -0.455 e. The lowest BCUT2D eigenvalue weighted by atomic mass is 9.71. The van der Waals surface area contributed by atoms with Gasteiger partial charge in [-0.25, -0.2) is 4.57 Å². The van der Waals surface area contributed by atoms with E-state index in [1.165, 1.54) is 53.5 Å². The van der Waals surface area contributed by atoms with Crippen molar-refractivity contribution in [1.29, 1.82) is 0 Å². The molecule has 0 amide bonds. The highest BCUT2D eigenvalue weighted by Crippen LogP contribution is 2.44. The molecule has 1 atom stereocenters. The van der Waals surface area contributed by atoms with E-state index in [0.29, 0.717) is 17.8 Å². The molecule has 304 valence electrons. The molecule has 0 bridgehead atoms. The summed E-state index contributed by atoms with van der Waals surface area (Å²) in [4.78, 5) is 5.05. The fourth-order valence-electron chi connectivity index (χ4n) is 9.70. The Labute approximate surface area is 357 Å². The van der Waals surface area contributed by atoms with Gasteiger partial charge in [-0.15, -0.1) is 0 Å². The number of allylic oxidation sites excluding steroid dienone is 3. The molecule has 4 heteroatoms. The van der Waals surface area contributed by atoms with Crippen molar-refractivity contribution >= 4 is 33.2 Å². The number of aliphatic imine (C=N–C) groups is 1. The summed E-state index contributed by atoms with van der Waals surface area (Å²) in [5.74, 6) is 0.613. The number of ether oxygens (including phenoxy) is 1. The Morgan fingerprint density at radius 1 is 0.867 bits per heavy atom. The fourth-order valence-corrected chi connectivity index (χ4v) is 9.70. The van der Waals surface area contributed by atoms with E-state index in [1.54, 1.807) is 0 Å². The van der Waals surface area contributed by atoms with E-state index in [1.807, 2.05) is 20.2 Å². The van der Waals surface area contributed by atoms with Gasteiger partial charge in [0.2, 0.25) is 5.69 Å². The second-order valence-electron chi connectivity index (χ2n) is 17.8. The maximum absolute atomic E-state index is 6.84. The van der Waals surface area contributed by atoms with Gasteiger partial charge in [0.15, 0.2) is 11.8 Å². The summed E-state index contributed by atoms with van der Waals surface area (Å²) in [5.41, 5.74) is 15.9. The summed E-state index contributed by atoms with van der Waals surface area (Å²) in [6.45, 7) is 15.9. The number of pyridine rings is 1. The predicted octanol–water partition coefficient (Wildman–Crippen LogP) is 13.6. The molecule has 1 saturated carbocycles. The van der Waals surface area contributed by atoms with E-state index < -0.39 is 5.60 Å². The molecule has 0 saturated heterocycles. The second kappa shape index (κ2) is 16.7. The van der Waals surface area contributed by atoms with Crippen LogP contribution in [-0.2, 0) is 23.8 Å². The van der Waals surface area contributed by atoms with Crippen molar-refractivity contribution in [1.82, 2.24) is 0 Å². The molecule has 5 aromatic carbocycles. The minimum absolute atomic E-state index is 0.441. The molecule has 1 fully saturated rings. The first-order chi connectivity index (χ1) is 28.9. The third-order valence-corrected chi connectivity index (χ3v) is 13.3. The summed E-state index contributed by atoms with van der Waals surface area (Å²) in [7, 11) is 5.83. The first-order valence-electron chi connectivity index (χ1n) is 21.5. The fraction of sp³-hybridized carbons (Fsp3) is 0.286. The van der Waals surface area contributed by atoms with Crippen LogP contribution in [0, 0.1) is 19.3 Å². The van der Waals surface area contributed by atoms with Gasteiger partial charge in [-0.1, -0.05) is 117 Å². The minimum atomic E-state index is -0.824. The molecule has 2 aromatic heterocycles.